The van der Waals surface area contributed by atoms with Crippen LogP contribution in [0.1, 0.15) is 52.6 Å². The van der Waals surface area contributed by atoms with Crippen LogP contribution in [-0.2, 0) is 13.1 Å². The van der Waals surface area contributed by atoms with Gasteiger partial charge in [-0.05, 0) is 61.2 Å². The van der Waals surface area contributed by atoms with E-state index in [1.165, 1.54) is 16.7 Å². The summed E-state index contributed by atoms with van der Waals surface area (Å²) in [5, 5.41) is 3.56. The Hall–Kier alpha value is -3.14. The van der Waals surface area contributed by atoms with Crippen molar-refractivity contribution in [2.24, 2.45) is 0 Å². The number of rotatable bonds is 7. The van der Waals surface area contributed by atoms with Crippen molar-refractivity contribution in [2.45, 2.75) is 46.7 Å². The van der Waals surface area contributed by atoms with Crippen LogP contribution in [0.4, 0.5) is 5.69 Å². The Morgan fingerprint density at radius 3 is 2.60 bits per heavy atom. The average molecular weight is 400 g/mol. The summed E-state index contributed by atoms with van der Waals surface area (Å²) in [5.74, 6) is 0.162. The van der Waals surface area contributed by atoms with E-state index < -0.39 is 0 Å². The zero-order chi connectivity index (χ0) is 21.1. The topological polar surface area (TPSA) is 45.2 Å². The van der Waals surface area contributed by atoms with E-state index in [0.717, 1.165) is 47.6 Å². The second-order valence-electron chi connectivity index (χ2n) is 8.05. The van der Waals surface area contributed by atoms with E-state index in [2.05, 4.69) is 60.5 Å². The molecule has 0 fully saturated rings. The van der Waals surface area contributed by atoms with Gasteiger partial charge < -0.3 is 10.2 Å². The lowest BCUT2D eigenvalue weighted by Crippen LogP contribution is -2.24. The summed E-state index contributed by atoms with van der Waals surface area (Å²) in [4.78, 5) is 19.2. The number of benzene rings is 2. The molecule has 1 aliphatic rings. The Balaban J connectivity index is 1.55. The van der Waals surface area contributed by atoms with Crippen LogP contribution in [0.25, 0.3) is 11.1 Å². The number of carbonyl (C=O) groups excluding carboxylic acids is 1. The number of anilines is 1. The molecule has 0 saturated carbocycles. The third-order valence-electron chi connectivity index (χ3n) is 5.78. The van der Waals surface area contributed by atoms with Crippen LogP contribution in [0.5, 0.6) is 0 Å². The van der Waals surface area contributed by atoms with Crippen LogP contribution in [0.3, 0.4) is 0 Å². The molecule has 2 aromatic carbocycles. The van der Waals surface area contributed by atoms with Crippen molar-refractivity contribution in [1.29, 1.82) is 0 Å². The molecule has 30 heavy (non-hydrogen) atoms. The minimum atomic E-state index is 0.162. The number of pyridine rings is 1. The Kier molecular flexibility index (Phi) is 5.84. The number of hydrogen-bond acceptors (Lipinski definition) is 3. The predicted molar refractivity (Wildman–Crippen MR) is 123 cm³/mol. The van der Waals surface area contributed by atoms with Gasteiger partial charge in [-0.15, -0.1) is 0 Å². The predicted octanol–water partition coefficient (Wildman–Crippen LogP) is 5.73. The van der Waals surface area contributed by atoms with Gasteiger partial charge >= 0.3 is 0 Å². The highest BCUT2D eigenvalue weighted by atomic mass is 16.2. The molecule has 4 nitrogen and oxygen atoms in total. The standard InChI is InChI=1S/C26H29N3O/c1-4-5-13-29-17-21-15-22(11-12-23(21)26(29)30)27-16-25-19(3)28-18(2)14-24(25)20-9-7-6-8-10-20/h6-12,14-15,27H,4-5,13,16-17H2,1-3H3. The summed E-state index contributed by atoms with van der Waals surface area (Å²) in [7, 11) is 0. The van der Waals surface area contributed by atoms with E-state index in [1.54, 1.807) is 0 Å². The largest absolute Gasteiger partial charge is 0.381 e. The van der Waals surface area contributed by atoms with Crippen molar-refractivity contribution in [3.8, 4) is 11.1 Å². The molecule has 1 N–H and O–H groups in total. The number of nitrogens with one attached hydrogen (secondary N) is 1. The van der Waals surface area contributed by atoms with Gasteiger partial charge in [0.2, 0.25) is 0 Å². The zero-order valence-electron chi connectivity index (χ0n) is 18.0. The van der Waals surface area contributed by atoms with Crippen LogP contribution in [0.2, 0.25) is 0 Å². The fourth-order valence-electron chi connectivity index (χ4n) is 4.16. The van der Waals surface area contributed by atoms with Gasteiger partial charge in [0, 0.05) is 47.8 Å². The number of aromatic nitrogens is 1. The van der Waals surface area contributed by atoms with Crippen LogP contribution < -0.4 is 5.32 Å². The molecule has 0 unspecified atom stereocenters. The molecule has 4 rings (SSSR count). The summed E-state index contributed by atoms with van der Waals surface area (Å²) in [5.41, 5.74) is 8.69. The van der Waals surface area contributed by atoms with Crippen molar-refractivity contribution in [3.05, 3.63) is 82.7 Å². The summed E-state index contributed by atoms with van der Waals surface area (Å²) < 4.78 is 0. The minimum absolute atomic E-state index is 0.162. The van der Waals surface area contributed by atoms with Gasteiger partial charge in [-0.2, -0.15) is 0 Å². The first-order chi connectivity index (χ1) is 14.6. The second kappa shape index (κ2) is 8.70. The quantitative estimate of drug-likeness (QED) is 0.551. The van der Waals surface area contributed by atoms with Crippen molar-refractivity contribution in [2.75, 3.05) is 11.9 Å². The first kappa shape index (κ1) is 20.1. The number of unbranched alkanes of at least 4 members (excludes halogenated alkanes) is 1. The van der Waals surface area contributed by atoms with Gasteiger partial charge in [-0.25, -0.2) is 0 Å². The molecule has 0 aliphatic carbocycles. The zero-order valence-corrected chi connectivity index (χ0v) is 18.0. The van der Waals surface area contributed by atoms with Gasteiger partial charge in [0.25, 0.3) is 5.91 Å². The van der Waals surface area contributed by atoms with Crippen LogP contribution in [-0.4, -0.2) is 22.3 Å². The molecule has 154 valence electrons. The van der Waals surface area contributed by atoms with Crippen molar-refractivity contribution >= 4 is 11.6 Å². The normalized spacial score (nSPS) is 12.9. The maximum absolute atomic E-state index is 12.6. The lowest BCUT2D eigenvalue weighted by atomic mass is 9.98. The summed E-state index contributed by atoms with van der Waals surface area (Å²) in [6, 6.07) is 18.7. The molecule has 1 amide bonds. The fourth-order valence-corrected chi connectivity index (χ4v) is 4.16. The van der Waals surface area contributed by atoms with Gasteiger partial charge in [0.05, 0.1) is 0 Å². The Morgan fingerprint density at radius 2 is 1.83 bits per heavy atom. The van der Waals surface area contributed by atoms with Gasteiger partial charge in [-0.3, -0.25) is 9.78 Å². The van der Waals surface area contributed by atoms with Crippen LogP contribution in [0, 0.1) is 13.8 Å². The lowest BCUT2D eigenvalue weighted by Gasteiger charge is -2.16. The van der Waals surface area contributed by atoms with E-state index in [4.69, 9.17) is 0 Å². The Labute approximate surface area is 179 Å². The van der Waals surface area contributed by atoms with E-state index in [-0.39, 0.29) is 5.91 Å². The number of carbonyl (C=O) groups is 1. The molecule has 3 aromatic rings. The minimum Gasteiger partial charge on any atom is -0.381 e. The SMILES string of the molecule is CCCCN1Cc2cc(NCc3c(-c4ccccc4)cc(C)nc3C)ccc2C1=O. The third kappa shape index (κ3) is 4.09. The number of hydrogen-bond donors (Lipinski definition) is 1. The van der Waals surface area contributed by atoms with Crippen molar-refractivity contribution < 1.29 is 4.79 Å². The lowest BCUT2D eigenvalue weighted by molar-refractivity contribution is 0.0776. The highest BCUT2D eigenvalue weighted by Gasteiger charge is 2.26. The number of amides is 1. The second-order valence-corrected chi connectivity index (χ2v) is 8.05. The van der Waals surface area contributed by atoms with Crippen molar-refractivity contribution in [1.82, 2.24) is 9.88 Å². The smallest absolute Gasteiger partial charge is 0.254 e. The molecule has 0 bridgehead atoms. The van der Waals surface area contributed by atoms with E-state index in [0.29, 0.717) is 13.1 Å². The van der Waals surface area contributed by atoms with Gasteiger partial charge in [-0.1, -0.05) is 43.7 Å². The van der Waals surface area contributed by atoms with Crippen LogP contribution in [0.15, 0.2) is 54.6 Å². The number of aryl methyl sites for hydroxylation is 2. The summed E-state index contributed by atoms with van der Waals surface area (Å²) in [6.07, 6.45) is 2.15. The van der Waals surface area contributed by atoms with Crippen LogP contribution >= 0.6 is 0 Å². The van der Waals surface area contributed by atoms with E-state index in [1.807, 2.05) is 30.0 Å². The molecule has 0 atom stereocenters. The molecule has 1 aromatic heterocycles. The highest BCUT2D eigenvalue weighted by Crippen LogP contribution is 2.29. The average Bonchev–Trinajstić information content (AvgIpc) is 3.06. The molecule has 0 radical (unpaired) electrons. The molecule has 0 spiro atoms. The molecule has 4 heteroatoms. The Morgan fingerprint density at radius 1 is 1.03 bits per heavy atom. The third-order valence-corrected chi connectivity index (χ3v) is 5.78. The first-order valence-corrected chi connectivity index (χ1v) is 10.8. The monoisotopic (exact) mass is 399 g/mol. The maximum atomic E-state index is 12.6. The number of fused-ring (bicyclic) bond motifs is 1. The van der Waals surface area contributed by atoms with Gasteiger partial charge in [0.1, 0.15) is 0 Å². The van der Waals surface area contributed by atoms with E-state index >= 15 is 0 Å². The number of nitrogens with zero attached hydrogens (tertiary/aromatic N) is 2. The maximum Gasteiger partial charge on any atom is 0.254 e. The van der Waals surface area contributed by atoms with Gasteiger partial charge in [0.15, 0.2) is 0 Å². The van der Waals surface area contributed by atoms with E-state index in [9.17, 15) is 4.79 Å². The molecular weight excluding hydrogens is 370 g/mol. The summed E-state index contributed by atoms with van der Waals surface area (Å²) >= 11 is 0. The van der Waals surface area contributed by atoms with Crippen molar-refractivity contribution in [3.63, 3.8) is 0 Å². The molecule has 0 saturated heterocycles. The summed E-state index contributed by atoms with van der Waals surface area (Å²) in [6.45, 7) is 8.50. The molecule has 2 heterocycles. The first-order valence-electron chi connectivity index (χ1n) is 10.8. The Bertz CT molecular complexity index is 1060. The fraction of sp³-hybridized carbons (Fsp3) is 0.308. The molecular formula is C26H29N3O. The molecule has 1 aliphatic heterocycles. The highest BCUT2D eigenvalue weighted by molar-refractivity contribution is 5.98.